The van der Waals surface area contributed by atoms with Crippen molar-refractivity contribution >= 4 is 11.6 Å². The summed E-state index contributed by atoms with van der Waals surface area (Å²) in [4.78, 5) is 12.9. The second kappa shape index (κ2) is 6.81. The van der Waals surface area contributed by atoms with Gasteiger partial charge in [0.15, 0.2) is 5.72 Å². The summed E-state index contributed by atoms with van der Waals surface area (Å²) in [5.41, 5.74) is -1.30. The number of hydrazone groups is 1. The van der Waals surface area contributed by atoms with Crippen LogP contribution in [0.25, 0.3) is 0 Å². The topological polar surface area (TPSA) is 52.9 Å². The van der Waals surface area contributed by atoms with E-state index in [1.165, 1.54) is 18.2 Å². The number of rotatable bonds is 3. The molecule has 2 aromatic rings. The first-order valence-corrected chi connectivity index (χ1v) is 8.53. The van der Waals surface area contributed by atoms with Gasteiger partial charge in [-0.05, 0) is 31.0 Å². The van der Waals surface area contributed by atoms with Crippen LogP contribution in [0.3, 0.4) is 0 Å². The predicted octanol–water partition coefficient (Wildman–Crippen LogP) is 4.17. The van der Waals surface area contributed by atoms with E-state index in [0.29, 0.717) is 5.01 Å². The quantitative estimate of drug-likeness (QED) is 0.874. The molecule has 1 N–H and O–H groups in total. The van der Waals surface area contributed by atoms with Crippen LogP contribution < -0.4 is 0 Å². The average Bonchev–Trinajstić information content (AvgIpc) is 3.00. The minimum atomic E-state index is -4.74. The van der Waals surface area contributed by atoms with E-state index in [1.54, 1.807) is 37.3 Å². The molecule has 0 fully saturated rings. The number of hydrogen-bond acceptors (Lipinski definition) is 3. The van der Waals surface area contributed by atoms with E-state index in [4.69, 9.17) is 0 Å². The fraction of sp³-hybridized carbons (Fsp3) is 0.300. The first kappa shape index (κ1) is 19.1. The minimum absolute atomic E-state index is 0.158. The maximum absolute atomic E-state index is 13.3. The van der Waals surface area contributed by atoms with E-state index in [1.807, 2.05) is 6.92 Å². The molecule has 0 aromatic heterocycles. The first-order chi connectivity index (χ1) is 12.6. The number of aryl methyl sites for hydroxylation is 2. The maximum Gasteiger partial charge on any atom is 0.431 e. The summed E-state index contributed by atoms with van der Waals surface area (Å²) in [6.07, 6.45) is -4.81. The zero-order valence-corrected chi connectivity index (χ0v) is 14.9. The molecule has 142 valence electrons. The van der Waals surface area contributed by atoms with Crippen molar-refractivity contribution in [3.63, 3.8) is 0 Å². The van der Waals surface area contributed by atoms with E-state index in [2.05, 4.69) is 5.10 Å². The van der Waals surface area contributed by atoms with Crippen molar-refractivity contribution in [2.24, 2.45) is 5.10 Å². The number of nitrogens with zero attached hydrogens (tertiary/aromatic N) is 2. The largest absolute Gasteiger partial charge is 0.431 e. The Labute approximate surface area is 154 Å². The van der Waals surface area contributed by atoms with Gasteiger partial charge in [0, 0.05) is 11.1 Å². The van der Waals surface area contributed by atoms with Gasteiger partial charge in [-0.15, -0.1) is 0 Å². The number of carbonyl (C=O) groups is 1. The molecule has 0 radical (unpaired) electrons. The average molecular weight is 376 g/mol. The third-order valence-electron chi connectivity index (χ3n) is 4.59. The molecular weight excluding hydrogens is 357 g/mol. The molecule has 4 nitrogen and oxygen atoms in total. The second-order valence-electron chi connectivity index (χ2n) is 6.57. The molecule has 2 aromatic carbocycles. The standard InChI is InChI=1S/C20H19F3N2O2/c1-3-14-7-9-16(10-8-14)19(27)12-17(20(21,22)23)24-25(19)18(26)15-6-4-5-13(2)11-15/h4-11,27H,3,12H2,1-2H3/t19-/m0/s1. The summed E-state index contributed by atoms with van der Waals surface area (Å²) in [6.45, 7) is 3.71. The van der Waals surface area contributed by atoms with E-state index >= 15 is 0 Å². The molecule has 1 amide bonds. The highest BCUT2D eigenvalue weighted by molar-refractivity contribution is 6.00. The van der Waals surface area contributed by atoms with Crippen molar-refractivity contribution in [2.45, 2.75) is 38.6 Å². The summed E-state index contributed by atoms with van der Waals surface area (Å²) in [5, 5.41) is 15.1. The molecule has 3 rings (SSSR count). The van der Waals surface area contributed by atoms with Gasteiger partial charge in [-0.3, -0.25) is 4.79 Å². The van der Waals surface area contributed by atoms with E-state index in [-0.39, 0.29) is 11.1 Å². The highest BCUT2D eigenvalue weighted by atomic mass is 19.4. The molecule has 1 heterocycles. The number of amides is 1. The second-order valence-corrected chi connectivity index (χ2v) is 6.57. The van der Waals surface area contributed by atoms with E-state index < -0.39 is 29.9 Å². The van der Waals surface area contributed by atoms with Gasteiger partial charge in [-0.1, -0.05) is 48.9 Å². The molecule has 7 heteroatoms. The fourth-order valence-electron chi connectivity index (χ4n) is 3.05. The number of benzene rings is 2. The monoisotopic (exact) mass is 376 g/mol. The molecule has 0 spiro atoms. The Morgan fingerprint density at radius 1 is 1.22 bits per heavy atom. The number of carbonyl (C=O) groups excluding carboxylic acids is 1. The lowest BCUT2D eigenvalue weighted by atomic mass is 9.95. The van der Waals surface area contributed by atoms with Crippen LogP contribution in [0.1, 0.15) is 40.4 Å². The maximum atomic E-state index is 13.3. The molecule has 1 atom stereocenters. The zero-order chi connectivity index (χ0) is 19.8. The summed E-state index contributed by atoms with van der Waals surface area (Å²) in [7, 11) is 0. The lowest BCUT2D eigenvalue weighted by molar-refractivity contribution is -0.0816. The van der Waals surface area contributed by atoms with Crippen molar-refractivity contribution in [3.05, 3.63) is 70.8 Å². The number of alkyl halides is 3. The van der Waals surface area contributed by atoms with E-state index in [9.17, 15) is 23.1 Å². The summed E-state index contributed by atoms with van der Waals surface area (Å²) in [6, 6.07) is 12.9. The van der Waals surface area contributed by atoms with Crippen molar-refractivity contribution in [2.75, 3.05) is 0 Å². The van der Waals surface area contributed by atoms with Crippen LogP contribution in [-0.4, -0.2) is 27.9 Å². The Bertz CT molecular complexity index is 891. The lowest BCUT2D eigenvalue weighted by Crippen LogP contribution is -2.43. The molecule has 1 aliphatic heterocycles. The summed E-state index contributed by atoms with van der Waals surface area (Å²) < 4.78 is 39.8. The normalized spacial score (nSPS) is 19.9. The molecular formula is C20H19F3N2O2. The highest BCUT2D eigenvalue weighted by Gasteiger charge is 2.53. The number of hydrogen-bond donors (Lipinski definition) is 1. The fourth-order valence-corrected chi connectivity index (χ4v) is 3.05. The smallest absolute Gasteiger partial charge is 0.365 e. The van der Waals surface area contributed by atoms with Crippen molar-refractivity contribution in [3.8, 4) is 0 Å². The van der Waals surface area contributed by atoms with Gasteiger partial charge in [0.1, 0.15) is 5.71 Å². The summed E-state index contributed by atoms with van der Waals surface area (Å²) in [5.74, 6) is -0.792. The minimum Gasteiger partial charge on any atom is -0.365 e. The van der Waals surface area contributed by atoms with Gasteiger partial charge in [0.25, 0.3) is 5.91 Å². The SMILES string of the molecule is CCc1ccc([C@@]2(O)CC(C(F)(F)F)=NN2C(=O)c2cccc(C)c2)cc1. The zero-order valence-electron chi connectivity index (χ0n) is 14.9. The van der Waals surface area contributed by atoms with Gasteiger partial charge in [-0.2, -0.15) is 23.3 Å². The Hall–Kier alpha value is -2.67. The van der Waals surface area contributed by atoms with Crippen LogP contribution in [0.5, 0.6) is 0 Å². The van der Waals surface area contributed by atoms with Crippen LogP contribution in [0.2, 0.25) is 0 Å². The number of halogens is 3. The Morgan fingerprint density at radius 3 is 2.44 bits per heavy atom. The highest BCUT2D eigenvalue weighted by Crippen LogP contribution is 2.40. The van der Waals surface area contributed by atoms with Gasteiger partial charge in [0.2, 0.25) is 0 Å². The molecule has 27 heavy (non-hydrogen) atoms. The molecule has 0 saturated heterocycles. The molecule has 0 aliphatic carbocycles. The molecule has 0 bridgehead atoms. The first-order valence-electron chi connectivity index (χ1n) is 8.53. The Kier molecular flexibility index (Phi) is 4.82. The molecule has 0 unspecified atom stereocenters. The van der Waals surface area contributed by atoms with Crippen LogP contribution in [0, 0.1) is 6.92 Å². The Balaban J connectivity index is 2.06. The molecule has 0 saturated carbocycles. The van der Waals surface area contributed by atoms with Crippen molar-refractivity contribution < 1.29 is 23.1 Å². The van der Waals surface area contributed by atoms with Crippen LogP contribution in [0.15, 0.2) is 53.6 Å². The van der Waals surface area contributed by atoms with Gasteiger partial charge < -0.3 is 5.11 Å². The lowest BCUT2D eigenvalue weighted by Gasteiger charge is -2.31. The third kappa shape index (κ3) is 3.60. The van der Waals surface area contributed by atoms with Gasteiger partial charge >= 0.3 is 6.18 Å². The Morgan fingerprint density at radius 2 is 1.89 bits per heavy atom. The van der Waals surface area contributed by atoms with Crippen LogP contribution in [-0.2, 0) is 12.1 Å². The van der Waals surface area contributed by atoms with Crippen molar-refractivity contribution in [1.82, 2.24) is 5.01 Å². The van der Waals surface area contributed by atoms with Crippen molar-refractivity contribution in [1.29, 1.82) is 0 Å². The van der Waals surface area contributed by atoms with Crippen LogP contribution >= 0.6 is 0 Å². The number of aliphatic hydroxyl groups is 1. The van der Waals surface area contributed by atoms with Gasteiger partial charge in [0.05, 0.1) is 6.42 Å². The van der Waals surface area contributed by atoms with E-state index in [0.717, 1.165) is 17.5 Å². The summed E-state index contributed by atoms with van der Waals surface area (Å²) >= 11 is 0. The molecule has 1 aliphatic rings. The third-order valence-corrected chi connectivity index (χ3v) is 4.59. The predicted molar refractivity (Wildman–Crippen MR) is 95.2 cm³/mol. The van der Waals surface area contributed by atoms with Gasteiger partial charge in [-0.25, -0.2) is 0 Å². The van der Waals surface area contributed by atoms with Crippen LogP contribution in [0.4, 0.5) is 13.2 Å².